The van der Waals surface area contributed by atoms with Gasteiger partial charge in [-0.05, 0) is 31.0 Å². The number of carboxylic acid groups (broad SMARTS) is 1. The zero-order valence-corrected chi connectivity index (χ0v) is 10.9. The van der Waals surface area contributed by atoms with E-state index in [1.807, 2.05) is 6.92 Å². The Balaban J connectivity index is 2.24. The largest absolute Gasteiger partial charge is 0.478 e. The van der Waals surface area contributed by atoms with E-state index in [4.69, 9.17) is 5.11 Å². The van der Waals surface area contributed by atoms with Crippen LogP contribution >= 0.6 is 0 Å². The quantitative estimate of drug-likeness (QED) is 0.902. The molecule has 1 aromatic rings. The zero-order valence-electron chi connectivity index (χ0n) is 10.0. The van der Waals surface area contributed by atoms with Gasteiger partial charge in [0.15, 0.2) is 0 Å². The van der Waals surface area contributed by atoms with Crippen molar-refractivity contribution < 1.29 is 18.3 Å². The number of nitrogens with zero attached hydrogens (tertiary/aromatic N) is 1. The van der Waals surface area contributed by atoms with Crippen LogP contribution in [-0.2, 0) is 10.0 Å². The van der Waals surface area contributed by atoms with Crippen LogP contribution in [0.4, 0.5) is 0 Å². The zero-order chi connectivity index (χ0) is 13.3. The lowest BCUT2D eigenvalue weighted by molar-refractivity contribution is 0.0697. The molecule has 2 rings (SSSR count). The molecule has 1 saturated heterocycles. The van der Waals surface area contributed by atoms with Crippen LogP contribution in [0.1, 0.15) is 35.3 Å². The second-order valence-corrected chi connectivity index (χ2v) is 6.42. The van der Waals surface area contributed by atoms with Gasteiger partial charge in [0.25, 0.3) is 0 Å². The minimum atomic E-state index is -3.14. The Morgan fingerprint density at radius 1 is 1.33 bits per heavy atom. The van der Waals surface area contributed by atoms with Crippen LogP contribution in [0.15, 0.2) is 24.3 Å². The molecule has 18 heavy (non-hydrogen) atoms. The molecular formula is C12H15NO4S. The number of benzene rings is 1. The minimum absolute atomic E-state index is 0.199. The molecule has 0 bridgehead atoms. The molecule has 0 spiro atoms. The Morgan fingerprint density at radius 2 is 1.94 bits per heavy atom. The molecule has 0 radical (unpaired) electrons. The first-order chi connectivity index (χ1) is 8.42. The molecule has 1 atom stereocenters. The van der Waals surface area contributed by atoms with Crippen LogP contribution in [0.5, 0.6) is 0 Å². The summed E-state index contributed by atoms with van der Waals surface area (Å²) in [5.74, 6) is -0.784. The first kappa shape index (κ1) is 13.0. The summed E-state index contributed by atoms with van der Waals surface area (Å²) in [4.78, 5) is 10.7. The smallest absolute Gasteiger partial charge is 0.335 e. The van der Waals surface area contributed by atoms with Gasteiger partial charge in [-0.25, -0.2) is 13.2 Å². The van der Waals surface area contributed by atoms with Gasteiger partial charge < -0.3 is 5.11 Å². The molecule has 0 aromatic heterocycles. The van der Waals surface area contributed by atoms with Gasteiger partial charge in [-0.15, -0.1) is 0 Å². The molecule has 0 unspecified atom stereocenters. The number of hydrogen-bond donors (Lipinski definition) is 1. The molecule has 1 aliphatic rings. The van der Waals surface area contributed by atoms with E-state index in [2.05, 4.69) is 0 Å². The van der Waals surface area contributed by atoms with Gasteiger partial charge in [-0.2, -0.15) is 4.31 Å². The minimum Gasteiger partial charge on any atom is -0.478 e. The topological polar surface area (TPSA) is 74.7 Å². The molecule has 1 N–H and O–H groups in total. The van der Waals surface area contributed by atoms with E-state index in [9.17, 15) is 13.2 Å². The van der Waals surface area contributed by atoms with E-state index in [1.165, 1.54) is 16.4 Å². The van der Waals surface area contributed by atoms with Crippen LogP contribution in [0, 0.1) is 0 Å². The average molecular weight is 269 g/mol. The van der Waals surface area contributed by atoms with Crippen LogP contribution in [0.3, 0.4) is 0 Å². The lowest BCUT2D eigenvalue weighted by Gasteiger charge is -2.23. The molecule has 0 saturated carbocycles. The molecule has 0 amide bonds. The number of carboxylic acids is 1. The van der Waals surface area contributed by atoms with E-state index in [0.717, 1.165) is 5.56 Å². The third-order valence-electron chi connectivity index (χ3n) is 3.21. The van der Waals surface area contributed by atoms with Gasteiger partial charge in [-0.1, -0.05) is 12.1 Å². The maximum atomic E-state index is 11.8. The van der Waals surface area contributed by atoms with Crippen molar-refractivity contribution in [1.82, 2.24) is 4.31 Å². The van der Waals surface area contributed by atoms with Crippen molar-refractivity contribution in [1.29, 1.82) is 0 Å². The molecule has 1 fully saturated rings. The van der Waals surface area contributed by atoms with Crippen molar-refractivity contribution in [3.05, 3.63) is 35.4 Å². The van der Waals surface area contributed by atoms with Gasteiger partial charge in [0.2, 0.25) is 10.0 Å². The van der Waals surface area contributed by atoms with Crippen molar-refractivity contribution in [2.75, 3.05) is 12.3 Å². The van der Waals surface area contributed by atoms with Gasteiger partial charge >= 0.3 is 5.97 Å². The highest BCUT2D eigenvalue weighted by atomic mass is 32.2. The first-order valence-corrected chi connectivity index (χ1v) is 7.35. The molecule has 5 nitrogen and oxygen atoms in total. The lowest BCUT2D eigenvalue weighted by atomic mass is 10.1. The summed E-state index contributed by atoms with van der Waals surface area (Å²) in [6, 6.07) is 6.08. The summed E-state index contributed by atoms with van der Waals surface area (Å²) >= 11 is 0. The van der Waals surface area contributed by atoms with Crippen molar-refractivity contribution >= 4 is 16.0 Å². The standard InChI is InChI=1S/C12H15NO4S/c1-9(13-7-2-8-18(13,16)17)10-3-5-11(6-4-10)12(14)15/h3-6,9H,2,7-8H2,1H3,(H,14,15)/t9-/m0/s1. The molecule has 0 aliphatic carbocycles. The van der Waals surface area contributed by atoms with Crippen molar-refractivity contribution in [3.63, 3.8) is 0 Å². The van der Waals surface area contributed by atoms with Gasteiger partial charge in [0.1, 0.15) is 0 Å². The third kappa shape index (κ3) is 2.39. The van der Waals surface area contributed by atoms with E-state index < -0.39 is 16.0 Å². The Labute approximate surface area is 106 Å². The highest BCUT2D eigenvalue weighted by molar-refractivity contribution is 7.89. The monoisotopic (exact) mass is 269 g/mol. The predicted octanol–water partition coefficient (Wildman–Crippen LogP) is 1.48. The predicted molar refractivity (Wildman–Crippen MR) is 66.9 cm³/mol. The van der Waals surface area contributed by atoms with Crippen molar-refractivity contribution in [2.24, 2.45) is 0 Å². The molecule has 1 aromatic carbocycles. The normalized spacial score (nSPS) is 20.7. The summed E-state index contributed by atoms with van der Waals surface area (Å²) in [6.45, 7) is 2.35. The maximum Gasteiger partial charge on any atom is 0.335 e. The Kier molecular flexibility index (Phi) is 3.41. The molecule has 6 heteroatoms. The fraction of sp³-hybridized carbons (Fsp3) is 0.417. The van der Waals surface area contributed by atoms with Crippen LogP contribution in [-0.4, -0.2) is 36.1 Å². The van der Waals surface area contributed by atoms with E-state index >= 15 is 0 Å². The summed E-state index contributed by atoms with van der Waals surface area (Å²) in [7, 11) is -3.14. The number of aromatic carboxylic acids is 1. The molecule has 98 valence electrons. The van der Waals surface area contributed by atoms with E-state index in [-0.39, 0.29) is 17.4 Å². The summed E-state index contributed by atoms with van der Waals surface area (Å²) < 4.78 is 25.0. The summed E-state index contributed by atoms with van der Waals surface area (Å²) in [5, 5.41) is 8.80. The summed E-state index contributed by atoms with van der Waals surface area (Å²) in [5.41, 5.74) is 1.01. The Bertz CT molecular complexity index is 550. The first-order valence-electron chi connectivity index (χ1n) is 5.74. The highest BCUT2D eigenvalue weighted by Crippen LogP contribution is 2.27. The third-order valence-corrected chi connectivity index (χ3v) is 5.23. The maximum absolute atomic E-state index is 11.8. The van der Waals surface area contributed by atoms with Crippen molar-refractivity contribution in [3.8, 4) is 0 Å². The SMILES string of the molecule is C[C@@H](c1ccc(C(=O)O)cc1)N1CCCS1(=O)=O. The van der Waals surface area contributed by atoms with Gasteiger partial charge in [0.05, 0.1) is 11.3 Å². The Hall–Kier alpha value is -1.40. The van der Waals surface area contributed by atoms with Gasteiger partial charge in [-0.3, -0.25) is 0 Å². The number of carbonyl (C=O) groups is 1. The van der Waals surface area contributed by atoms with Gasteiger partial charge in [0, 0.05) is 12.6 Å². The second-order valence-electron chi connectivity index (χ2n) is 4.38. The van der Waals surface area contributed by atoms with Crippen LogP contribution in [0.25, 0.3) is 0 Å². The van der Waals surface area contributed by atoms with Crippen LogP contribution in [0.2, 0.25) is 0 Å². The van der Waals surface area contributed by atoms with Crippen LogP contribution < -0.4 is 0 Å². The lowest BCUT2D eigenvalue weighted by Crippen LogP contribution is -2.28. The van der Waals surface area contributed by atoms with E-state index in [1.54, 1.807) is 12.1 Å². The fourth-order valence-electron chi connectivity index (χ4n) is 2.16. The summed E-state index contributed by atoms with van der Waals surface area (Å²) in [6.07, 6.45) is 0.653. The molecule has 1 aliphatic heterocycles. The fourth-order valence-corrected chi connectivity index (χ4v) is 3.90. The average Bonchev–Trinajstić information content (AvgIpc) is 2.68. The second kappa shape index (κ2) is 4.70. The number of sulfonamides is 1. The highest BCUT2D eigenvalue weighted by Gasteiger charge is 2.32. The molecular weight excluding hydrogens is 254 g/mol. The Morgan fingerprint density at radius 3 is 2.39 bits per heavy atom. The number of rotatable bonds is 3. The van der Waals surface area contributed by atoms with Crippen molar-refractivity contribution in [2.45, 2.75) is 19.4 Å². The van der Waals surface area contributed by atoms with E-state index in [0.29, 0.717) is 13.0 Å². The molecule has 1 heterocycles. The number of hydrogen-bond acceptors (Lipinski definition) is 3.